The molecule has 1 rings (SSSR count). The van der Waals surface area contributed by atoms with Crippen molar-refractivity contribution in [3.05, 3.63) is 0 Å². The van der Waals surface area contributed by atoms with Crippen LogP contribution in [0.2, 0.25) is 0 Å². The van der Waals surface area contributed by atoms with E-state index in [4.69, 9.17) is 4.11 Å². The van der Waals surface area contributed by atoms with Crippen LogP contribution in [0.5, 0.6) is 0 Å². The molecule has 54 valence electrons. The van der Waals surface area contributed by atoms with Crippen molar-refractivity contribution in [2.45, 2.75) is 25.4 Å². The van der Waals surface area contributed by atoms with Gasteiger partial charge in [-0.05, 0) is 32.8 Å². The molecule has 1 unspecified atom stereocenters. The number of likely N-dealkylation sites (tertiary alicyclic amines) is 1. The highest BCUT2D eigenvalue weighted by atomic mass is 16.3. The van der Waals surface area contributed by atoms with Crippen molar-refractivity contribution in [2.24, 2.45) is 0 Å². The second kappa shape index (κ2) is 3.18. The highest BCUT2D eigenvalue weighted by molar-refractivity contribution is 4.65. The molecular weight excluding hydrogens is 114 g/mol. The van der Waals surface area contributed by atoms with Gasteiger partial charge in [0.2, 0.25) is 0 Å². The van der Waals surface area contributed by atoms with Crippen molar-refractivity contribution >= 4 is 0 Å². The van der Waals surface area contributed by atoms with Gasteiger partial charge in [-0.15, -0.1) is 0 Å². The Bertz CT molecular complexity index is 148. The number of aliphatic hydroxyl groups is 1. The third-order valence-electron chi connectivity index (χ3n) is 1.70. The molecule has 0 bridgehead atoms. The van der Waals surface area contributed by atoms with Crippen LogP contribution < -0.4 is 0 Å². The standard InChI is InChI=1S/C7H15NO/c1-8-5-2-3-7(9)4-6-8/h7,9H,2-6H2,1H3/i1D3. The van der Waals surface area contributed by atoms with E-state index in [-0.39, 0.29) is 6.10 Å². The normalized spacial score (nSPS) is 38.3. The van der Waals surface area contributed by atoms with Crippen molar-refractivity contribution in [1.82, 2.24) is 4.90 Å². The van der Waals surface area contributed by atoms with Crippen LogP contribution in [0, 0.1) is 0 Å². The third-order valence-corrected chi connectivity index (χ3v) is 1.70. The molecule has 9 heavy (non-hydrogen) atoms. The molecule has 0 amide bonds. The summed E-state index contributed by atoms with van der Waals surface area (Å²) in [7, 11) is 0. The zero-order chi connectivity index (χ0) is 9.19. The van der Waals surface area contributed by atoms with Crippen molar-refractivity contribution in [2.75, 3.05) is 20.1 Å². The number of aliphatic hydroxyl groups excluding tert-OH is 1. The van der Waals surface area contributed by atoms with Gasteiger partial charge in [-0.25, -0.2) is 0 Å². The van der Waals surface area contributed by atoms with Crippen molar-refractivity contribution < 1.29 is 9.22 Å². The summed E-state index contributed by atoms with van der Waals surface area (Å²) in [5.74, 6) is 0. The summed E-state index contributed by atoms with van der Waals surface area (Å²) in [6, 6.07) is 0. The molecule has 0 radical (unpaired) electrons. The zero-order valence-corrected chi connectivity index (χ0v) is 5.51. The Labute approximate surface area is 60.7 Å². The lowest BCUT2D eigenvalue weighted by Crippen LogP contribution is -2.19. The zero-order valence-electron chi connectivity index (χ0n) is 8.51. The van der Waals surface area contributed by atoms with Crippen LogP contribution in [0.1, 0.15) is 23.4 Å². The van der Waals surface area contributed by atoms with E-state index in [1.54, 1.807) is 0 Å². The van der Waals surface area contributed by atoms with E-state index in [1.165, 1.54) is 4.90 Å². The summed E-state index contributed by atoms with van der Waals surface area (Å²) < 4.78 is 21.5. The maximum absolute atomic E-state index is 9.26. The number of nitrogens with zero attached hydrogens (tertiary/aromatic N) is 1. The largest absolute Gasteiger partial charge is 0.393 e. The third kappa shape index (κ3) is 2.33. The molecule has 1 heterocycles. The smallest absolute Gasteiger partial charge is 0.0553 e. The molecule has 0 aromatic carbocycles. The average molecular weight is 132 g/mol. The minimum absolute atomic E-state index is 0.308. The van der Waals surface area contributed by atoms with Crippen molar-refractivity contribution in [3.8, 4) is 0 Å². The molecule has 1 aliphatic rings. The fraction of sp³-hybridized carbons (Fsp3) is 1.00. The Morgan fingerprint density at radius 3 is 3.22 bits per heavy atom. The molecule has 1 atom stereocenters. The highest BCUT2D eigenvalue weighted by Gasteiger charge is 2.10. The van der Waals surface area contributed by atoms with Gasteiger partial charge in [0.1, 0.15) is 0 Å². The van der Waals surface area contributed by atoms with Crippen LogP contribution in [0.25, 0.3) is 0 Å². The van der Waals surface area contributed by atoms with E-state index in [2.05, 4.69) is 0 Å². The summed E-state index contributed by atoms with van der Waals surface area (Å²) in [5.41, 5.74) is 0. The predicted molar refractivity (Wildman–Crippen MR) is 37.4 cm³/mol. The van der Waals surface area contributed by atoms with E-state index >= 15 is 0 Å². The van der Waals surface area contributed by atoms with E-state index in [1.807, 2.05) is 0 Å². The first-order valence-electron chi connectivity index (χ1n) is 4.93. The number of hydrogen-bond donors (Lipinski definition) is 1. The van der Waals surface area contributed by atoms with Gasteiger partial charge in [-0.3, -0.25) is 0 Å². The van der Waals surface area contributed by atoms with Crippen LogP contribution in [-0.2, 0) is 0 Å². The van der Waals surface area contributed by atoms with E-state index in [0.29, 0.717) is 19.5 Å². The molecule has 0 aromatic rings. The number of hydrogen-bond acceptors (Lipinski definition) is 2. The van der Waals surface area contributed by atoms with Gasteiger partial charge in [-0.2, -0.15) is 0 Å². The molecular formula is C7H15NO. The minimum atomic E-state index is -1.98. The van der Waals surface area contributed by atoms with Gasteiger partial charge in [0.05, 0.1) is 6.10 Å². The second-order valence-corrected chi connectivity index (χ2v) is 2.57. The lowest BCUT2D eigenvalue weighted by molar-refractivity contribution is 0.157. The van der Waals surface area contributed by atoms with Gasteiger partial charge in [-0.1, -0.05) is 0 Å². The Balaban J connectivity index is 2.46. The first-order chi connectivity index (χ1) is 5.50. The average Bonchev–Trinajstić information content (AvgIpc) is 2.11. The molecule has 1 fully saturated rings. The van der Waals surface area contributed by atoms with Crippen LogP contribution in [0.15, 0.2) is 0 Å². The quantitative estimate of drug-likeness (QED) is 0.517. The molecule has 0 spiro atoms. The van der Waals surface area contributed by atoms with Crippen LogP contribution in [0.4, 0.5) is 0 Å². The lowest BCUT2D eigenvalue weighted by Gasteiger charge is -2.10. The second-order valence-electron chi connectivity index (χ2n) is 2.57. The van der Waals surface area contributed by atoms with Gasteiger partial charge in [0.25, 0.3) is 0 Å². The molecule has 1 saturated heterocycles. The van der Waals surface area contributed by atoms with E-state index < -0.39 is 6.98 Å². The van der Waals surface area contributed by atoms with Gasteiger partial charge >= 0.3 is 0 Å². The Hall–Kier alpha value is -0.0800. The molecule has 2 nitrogen and oxygen atoms in total. The first kappa shape index (κ1) is 3.94. The monoisotopic (exact) mass is 132 g/mol. The maximum atomic E-state index is 9.26. The molecule has 1 N–H and O–H groups in total. The van der Waals surface area contributed by atoms with Crippen molar-refractivity contribution in [3.63, 3.8) is 0 Å². The van der Waals surface area contributed by atoms with E-state index in [0.717, 1.165) is 12.8 Å². The summed E-state index contributed by atoms with van der Waals surface area (Å²) in [5, 5.41) is 9.26. The van der Waals surface area contributed by atoms with Gasteiger partial charge in [0.15, 0.2) is 0 Å². The predicted octanol–water partition coefficient (Wildman–Crippen LogP) is 0.463. The summed E-state index contributed by atoms with van der Waals surface area (Å²) in [6.07, 6.45) is 1.78. The molecule has 0 aliphatic carbocycles. The first-order valence-corrected chi connectivity index (χ1v) is 3.43. The van der Waals surface area contributed by atoms with E-state index in [9.17, 15) is 5.11 Å². The fourth-order valence-electron chi connectivity index (χ4n) is 1.08. The minimum Gasteiger partial charge on any atom is -0.393 e. The fourth-order valence-corrected chi connectivity index (χ4v) is 1.08. The number of rotatable bonds is 0. The van der Waals surface area contributed by atoms with Gasteiger partial charge < -0.3 is 10.0 Å². The maximum Gasteiger partial charge on any atom is 0.0553 e. The molecule has 0 saturated carbocycles. The Morgan fingerprint density at radius 2 is 2.44 bits per heavy atom. The molecule has 0 aromatic heterocycles. The topological polar surface area (TPSA) is 23.5 Å². The summed E-state index contributed by atoms with van der Waals surface area (Å²) in [4.78, 5) is 1.46. The Kier molecular flexibility index (Phi) is 1.39. The van der Waals surface area contributed by atoms with Crippen LogP contribution in [0.3, 0.4) is 0 Å². The van der Waals surface area contributed by atoms with Crippen LogP contribution in [-0.4, -0.2) is 36.2 Å². The summed E-state index contributed by atoms with van der Waals surface area (Å²) >= 11 is 0. The SMILES string of the molecule is [2H]C([2H])([2H])N1CCCC(O)CC1. The Morgan fingerprint density at radius 1 is 1.56 bits per heavy atom. The van der Waals surface area contributed by atoms with Gasteiger partial charge in [0, 0.05) is 10.7 Å². The highest BCUT2D eigenvalue weighted by Crippen LogP contribution is 2.08. The van der Waals surface area contributed by atoms with Crippen molar-refractivity contribution in [1.29, 1.82) is 0 Å². The lowest BCUT2D eigenvalue weighted by atomic mass is 10.2. The summed E-state index contributed by atoms with van der Waals surface area (Å²) in [6.45, 7) is -0.921. The van der Waals surface area contributed by atoms with Crippen LogP contribution >= 0.6 is 0 Å². The molecule has 1 aliphatic heterocycles. The molecule has 2 heteroatoms.